The third-order valence-electron chi connectivity index (χ3n) is 2.35. The molecule has 0 aliphatic rings. The van der Waals surface area contributed by atoms with Gasteiger partial charge >= 0.3 is 0 Å². The van der Waals surface area contributed by atoms with Gasteiger partial charge in [-0.1, -0.05) is 6.92 Å². The van der Waals surface area contributed by atoms with E-state index in [1.165, 1.54) is 6.20 Å². The van der Waals surface area contributed by atoms with Crippen LogP contribution in [0.15, 0.2) is 18.3 Å². The SMILES string of the molecule is CCC(C)(C)NC(=O)c1cc(N)ccn1. The van der Waals surface area contributed by atoms with Crippen LogP contribution < -0.4 is 11.1 Å². The smallest absolute Gasteiger partial charge is 0.270 e. The van der Waals surface area contributed by atoms with Gasteiger partial charge in [-0.25, -0.2) is 0 Å². The molecular formula is C11H17N3O. The van der Waals surface area contributed by atoms with E-state index in [0.29, 0.717) is 11.4 Å². The molecule has 0 saturated heterocycles. The molecule has 3 N–H and O–H groups in total. The van der Waals surface area contributed by atoms with Crippen LogP contribution >= 0.6 is 0 Å². The van der Waals surface area contributed by atoms with Gasteiger partial charge in [0.1, 0.15) is 5.69 Å². The number of nitrogen functional groups attached to an aromatic ring is 1. The van der Waals surface area contributed by atoms with Crippen LogP contribution in [0, 0.1) is 0 Å². The van der Waals surface area contributed by atoms with Crippen LogP contribution in [-0.2, 0) is 0 Å². The fraction of sp³-hybridized carbons (Fsp3) is 0.455. The zero-order valence-corrected chi connectivity index (χ0v) is 9.37. The third-order valence-corrected chi connectivity index (χ3v) is 2.35. The average molecular weight is 207 g/mol. The molecule has 0 fully saturated rings. The van der Waals surface area contributed by atoms with Gasteiger partial charge < -0.3 is 11.1 Å². The number of carbonyl (C=O) groups excluding carboxylic acids is 1. The number of hydrogen-bond donors (Lipinski definition) is 2. The molecule has 1 aromatic rings. The first-order valence-corrected chi connectivity index (χ1v) is 4.98. The number of nitrogens with two attached hydrogens (primary N) is 1. The lowest BCUT2D eigenvalue weighted by Gasteiger charge is -2.24. The molecule has 1 aromatic heterocycles. The maximum atomic E-state index is 11.7. The molecule has 0 atom stereocenters. The zero-order chi connectivity index (χ0) is 11.5. The summed E-state index contributed by atoms with van der Waals surface area (Å²) in [5.74, 6) is -0.186. The minimum Gasteiger partial charge on any atom is -0.399 e. The number of aromatic nitrogens is 1. The number of amides is 1. The van der Waals surface area contributed by atoms with Crippen molar-refractivity contribution in [1.29, 1.82) is 0 Å². The van der Waals surface area contributed by atoms with Crippen molar-refractivity contribution in [2.45, 2.75) is 32.7 Å². The van der Waals surface area contributed by atoms with Crippen LogP contribution in [0.1, 0.15) is 37.7 Å². The second-order valence-electron chi connectivity index (χ2n) is 4.17. The van der Waals surface area contributed by atoms with Gasteiger partial charge in [0, 0.05) is 17.4 Å². The van der Waals surface area contributed by atoms with E-state index in [9.17, 15) is 4.79 Å². The molecule has 0 aromatic carbocycles. The number of carbonyl (C=O) groups is 1. The van der Waals surface area contributed by atoms with Crippen molar-refractivity contribution in [3.8, 4) is 0 Å². The van der Waals surface area contributed by atoms with Crippen LogP contribution in [0.25, 0.3) is 0 Å². The van der Waals surface area contributed by atoms with Gasteiger partial charge in [0.15, 0.2) is 0 Å². The minimum atomic E-state index is -0.219. The summed E-state index contributed by atoms with van der Waals surface area (Å²) < 4.78 is 0. The summed E-state index contributed by atoms with van der Waals surface area (Å²) in [5.41, 5.74) is 6.26. The molecule has 0 aliphatic heterocycles. The van der Waals surface area contributed by atoms with Crippen molar-refractivity contribution in [2.24, 2.45) is 0 Å². The quantitative estimate of drug-likeness (QED) is 0.790. The number of anilines is 1. The van der Waals surface area contributed by atoms with Crippen LogP contribution in [0.4, 0.5) is 5.69 Å². The summed E-state index contributed by atoms with van der Waals surface area (Å²) in [4.78, 5) is 15.7. The van der Waals surface area contributed by atoms with Crippen molar-refractivity contribution in [2.75, 3.05) is 5.73 Å². The predicted octanol–water partition coefficient (Wildman–Crippen LogP) is 1.58. The Morgan fingerprint density at radius 3 is 2.80 bits per heavy atom. The molecule has 0 aliphatic carbocycles. The first-order chi connectivity index (χ1) is 6.94. The Kier molecular flexibility index (Phi) is 3.29. The molecule has 1 rings (SSSR count). The van der Waals surface area contributed by atoms with Crippen LogP contribution in [0.2, 0.25) is 0 Å². The topological polar surface area (TPSA) is 68.0 Å². The highest BCUT2D eigenvalue weighted by Gasteiger charge is 2.19. The van der Waals surface area contributed by atoms with E-state index in [1.54, 1.807) is 12.1 Å². The van der Waals surface area contributed by atoms with Gasteiger partial charge in [-0.05, 0) is 32.4 Å². The van der Waals surface area contributed by atoms with Crippen molar-refractivity contribution in [3.05, 3.63) is 24.0 Å². The molecule has 0 bridgehead atoms. The Bertz CT molecular complexity index is 361. The van der Waals surface area contributed by atoms with E-state index < -0.39 is 0 Å². The summed E-state index contributed by atoms with van der Waals surface area (Å²) in [7, 11) is 0. The lowest BCUT2D eigenvalue weighted by molar-refractivity contribution is 0.0906. The average Bonchev–Trinajstić information content (AvgIpc) is 2.17. The maximum absolute atomic E-state index is 11.7. The van der Waals surface area contributed by atoms with Crippen LogP contribution in [0.3, 0.4) is 0 Å². The lowest BCUT2D eigenvalue weighted by atomic mass is 10.0. The molecule has 0 spiro atoms. The van der Waals surface area contributed by atoms with E-state index in [0.717, 1.165) is 6.42 Å². The fourth-order valence-corrected chi connectivity index (χ4v) is 1.03. The second kappa shape index (κ2) is 4.29. The summed E-state index contributed by atoms with van der Waals surface area (Å²) in [6.07, 6.45) is 2.39. The highest BCUT2D eigenvalue weighted by Crippen LogP contribution is 2.09. The van der Waals surface area contributed by atoms with Crippen molar-refractivity contribution >= 4 is 11.6 Å². The first kappa shape index (κ1) is 11.5. The number of nitrogens with zero attached hydrogens (tertiary/aromatic N) is 1. The molecule has 0 radical (unpaired) electrons. The Balaban J connectivity index is 2.78. The number of rotatable bonds is 3. The fourth-order valence-electron chi connectivity index (χ4n) is 1.03. The van der Waals surface area contributed by atoms with E-state index in [4.69, 9.17) is 5.73 Å². The standard InChI is InChI=1S/C11H17N3O/c1-4-11(2,3)14-10(15)9-7-8(12)5-6-13-9/h5-7H,4H2,1-3H3,(H2,12,13)(H,14,15). The van der Waals surface area contributed by atoms with E-state index in [-0.39, 0.29) is 11.4 Å². The van der Waals surface area contributed by atoms with Gasteiger partial charge in [0.2, 0.25) is 0 Å². The zero-order valence-electron chi connectivity index (χ0n) is 9.37. The second-order valence-corrected chi connectivity index (χ2v) is 4.17. The van der Waals surface area contributed by atoms with Crippen LogP contribution in [-0.4, -0.2) is 16.4 Å². The number of hydrogen-bond acceptors (Lipinski definition) is 3. The van der Waals surface area contributed by atoms with Gasteiger partial charge in [0.25, 0.3) is 5.91 Å². The maximum Gasteiger partial charge on any atom is 0.270 e. The summed E-state index contributed by atoms with van der Waals surface area (Å²) in [6.45, 7) is 5.96. The van der Waals surface area contributed by atoms with E-state index >= 15 is 0 Å². The molecular weight excluding hydrogens is 190 g/mol. The first-order valence-electron chi connectivity index (χ1n) is 4.98. The summed E-state index contributed by atoms with van der Waals surface area (Å²) in [5, 5.41) is 2.89. The summed E-state index contributed by atoms with van der Waals surface area (Å²) >= 11 is 0. The Hall–Kier alpha value is -1.58. The highest BCUT2D eigenvalue weighted by atomic mass is 16.2. The van der Waals surface area contributed by atoms with Crippen molar-refractivity contribution in [3.63, 3.8) is 0 Å². The van der Waals surface area contributed by atoms with Gasteiger partial charge in [-0.2, -0.15) is 0 Å². The molecule has 15 heavy (non-hydrogen) atoms. The normalized spacial score (nSPS) is 11.1. The number of nitrogens with one attached hydrogen (secondary N) is 1. The lowest BCUT2D eigenvalue weighted by Crippen LogP contribution is -2.43. The predicted molar refractivity (Wildman–Crippen MR) is 60.5 cm³/mol. The Labute approximate surface area is 89.9 Å². The molecule has 1 heterocycles. The van der Waals surface area contributed by atoms with Gasteiger partial charge in [-0.3, -0.25) is 9.78 Å². The van der Waals surface area contributed by atoms with E-state index in [2.05, 4.69) is 10.3 Å². The largest absolute Gasteiger partial charge is 0.399 e. The van der Waals surface area contributed by atoms with Crippen molar-refractivity contribution in [1.82, 2.24) is 10.3 Å². The highest BCUT2D eigenvalue weighted by molar-refractivity contribution is 5.93. The minimum absolute atomic E-state index is 0.186. The molecule has 0 unspecified atom stereocenters. The molecule has 82 valence electrons. The van der Waals surface area contributed by atoms with Crippen molar-refractivity contribution < 1.29 is 4.79 Å². The molecule has 0 saturated carbocycles. The van der Waals surface area contributed by atoms with Gasteiger partial charge in [0.05, 0.1) is 0 Å². The van der Waals surface area contributed by atoms with Gasteiger partial charge in [-0.15, -0.1) is 0 Å². The summed E-state index contributed by atoms with van der Waals surface area (Å²) in [6, 6.07) is 3.23. The molecule has 4 nitrogen and oxygen atoms in total. The Morgan fingerprint density at radius 2 is 2.27 bits per heavy atom. The van der Waals surface area contributed by atoms with Crippen LogP contribution in [0.5, 0.6) is 0 Å². The monoisotopic (exact) mass is 207 g/mol. The molecule has 4 heteroatoms. The third kappa shape index (κ3) is 3.23. The molecule has 1 amide bonds. The Morgan fingerprint density at radius 1 is 1.60 bits per heavy atom. The van der Waals surface area contributed by atoms with E-state index in [1.807, 2.05) is 20.8 Å². The number of pyridine rings is 1.